The summed E-state index contributed by atoms with van der Waals surface area (Å²) in [5.74, 6) is 1.15. The highest BCUT2D eigenvalue weighted by molar-refractivity contribution is 6.42. The molecule has 0 aromatic carbocycles. The molecule has 1 saturated heterocycles. The van der Waals surface area contributed by atoms with Gasteiger partial charge in [0.25, 0.3) is 0 Å². The van der Waals surface area contributed by atoms with E-state index in [1.165, 1.54) is 0 Å². The van der Waals surface area contributed by atoms with Gasteiger partial charge in [0.2, 0.25) is 0 Å². The first kappa shape index (κ1) is 14.2. The number of halogens is 3. The molecule has 1 atom stereocenters. The highest BCUT2D eigenvalue weighted by atomic mass is 35.5. The standard InChI is InChI=1S/C12H15Cl3N2O/c1-7(8-2-4-18-5-3-8)16-12-10(14)6-9(13)11(15)17-12/h6-8H,2-5H2,1H3,(H,16,17). The molecule has 3 nitrogen and oxygen atoms in total. The number of ether oxygens (including phenoxy) is 1. The van der Waals surface area contributed by atoms with Crippen LogP contribution in [0.25, 0.3) is 0 Å². The van der Waals surface area contributed by atoms with E-state index in [0.29, 0.717) is 21.8 Å². The first-order valence-corrected chi connectivity index (χ1v) is 7.07. The van der Waals surface area contributed by atoms with Crippen LogP contribution in [-0.2, 0) is 4.74 Å². The Hall–Kier alpha value is -0.220. The van der Waals surface area contributed by atoms with E-state index < -0.39 is 0 Å². The highest BCUT2D eigenvalue weighted by Crippen LogP contribution is 2.30. The molecule has 1 aliphatic heterocycles. The number of pyridine rings is 1. The summed E-state index contributed by atoms with van der Waals surface area (Å²) in [5.41, 5.74) is 0. The molecule has 0 amide bonds. The number of aromatic nitrogens is 1. The second-order valence-corrected chi connectivity index (χ2v) is 5.65. The van der Waals surface area contributed by atoms with Crippen LogP contribution in [0.1, 0.15) is 19.8 Å². The van der Waals surface area contributed by atoms with Crippen molar-refractivity contribution in [2.45, 2.75) is 25.8 Å². The SMILES string of the molecule is CC(Nc1nc(Cl)c(Cl)cc1Cl)C1CCOCC1. The molecule has 1 unspecified atom stereocenters. The number of anilines is 1. The Morgan fingerprint density at radius 3 is 2.61 bits per heavy atom. The molecule has 1 fully saturated rings. The van der Waals surface area contributed by atoms with Crippen molar-refractivity contribution in [2.75, 3.05) is 18.5 Å². The average molecular weight is 310 g/mol. The molecule has 1 aromatic heterocycles. The largest absolute Gasteiger partial charge is 0.381 e. The molecule has 0 spiro atoms. The Kier molecular flexibility index (Phi) is 4.96. The van der Waals surface area contributed by atoms with Crippen molar-refractivity contribution in [2.24, 2.45) is 5.92 Å². The topological polar surface area (TPSA) is 34.2 Å². The summed E-state index contributed by atoms with van der Waals surface area (Å²) < 4.78 is 5.35. The van der Waals surface area contributed by atoms with E-state index in [2.05, 4.69) is 17.2 Å². The zero-order valence-corrected chi connectivity index (χ0v) is 12.3. The summed E-state index contributed by atoms with van der Waals surface area (Å²) in [6.45, 7) is 3.76. The quantitative estimate of drug-likeness (QED) is 0.847. The highest BCUT2D eigenvalue weighted by Gasteiger charge is 2.21. The number of nitrogens with one attached hydrogen (secondary N) is 1. The summed E-state index contributed by atoms with van der Waals surface area (Å²) in [5, 5.41) is 4.43. The number of hydrogen-bond acceptors (Lipinski definition) is 3. The third-order valence-corrected chi connectivity index (χ3v) is 4.19. The van der Waals surface area contributed by atoms with Gasteiger partial charge >= 0.3 is 0 Å². The fourth-order valence-corrected chi connectivity index (χ4v) is 2.65. The zero-order chi connectivity index (χ0) is 13.1. The van der Waals surface area contributed by atoms with Gasteiger partial charge in [-0.15, -0.1) is 0 Å². The molecule has 1 aromatic rings. The van der Waals surface area contributed by atoms with E-state index in [0.717, 1.165) is 26.1 Å². The summed E-state index contributed by atoms with van der Waals surface area (Å²) in [6, 6.07) is 1.88. The molecule has 0 saturated carbocycles. The number of rotatable bonds is 3. The second-order valence-electron chi connectivity index (χ2n) is 4.47. The molecule has 0 radical (unpaired) electrons. The molecule has 2 heterocycles. The lowest BCUT2D eigenvalue weighted by Gasteiger charge is -2.29. The van der Waals surface area contributed by atoms with Crippen molar-refractivity contribution in [1.29, 1.82) is 0 Å². The van der Waals surface area contributed by atoms with Crippen LogP contribution in [0.2, 0.25) is 15.2 Å². The van der Waals surface area contributed by atoms with E-state index in [9.17, 15) is 0 Å². The third-order valence-electron chi connectivity index (χ3n) is 3.22. The molecule has 0 aliphatic carbocycles. The fourth-order valence-electron chi connectivity index (χ4n) is 2.09. The van der Waals surface area contributed by atoms with Gasteiger partial charge in [0.1, 0.15) is 11.0 Å². The van der Waals surface area contributed by atoms with Crippen molar-refractivity contribution in [1.82, 2.24) is 4.98 Å². The van der Waals surface area contributed by atoms with Crippen LogP contribution < -0.4 is 5.32 Å². The predicted molar refractivity (Wildman–Crippen MR) is 75.9 cm³/mol. The Bertz CT molecular complexity index is 422. The van der Waals surface area contributed by atoms with Gasteiger partial charge in [0, 0.05) is 19.3 Å². The van der Waals surface area contributed by atoms with Crippen LogP contribution >= 0.6 is 34.8 Å². The molecule has 6 heteroatoms. The van der Waals surface area contributed by atoms with Crippen LogP contribution in [0, 0.1) is 5.92 Å². The van der Waals surface area contributed by atoms with Gasteiger partial charge in [0.05, 0.1) is 10.0 Å². The average Bonchev–Trinajstić information content (AvgIpc) is 2.37. The maximum Gasteiger partial charge on any atom is 0.150 e. The minimum Gasteiger partial charge on any atom is -0.381 e. The van der Waals surface area contributed by atoms with Crippen LogP contribution in [-0.4, -0.2) is 24.2 Å². The first-order chi connectivity index (χ1) is 8.58. The van der Waals surface area contributed by atoms with E-state index in [1.54, 1.807) is 6.07 Å². The van der Waals surface area contributed by atoms with Gasteiger partial charge in [-0.2, -0.15) is 0 Å². The van der Waals surface area contributed by atoms with Gasteiger partial charge in [-0.25, -0.2) is 4.98 Å². The van der Waals surface area contributed by atoms with Crippen molar-refractivity contribution >= 4 is 40.6 Å². The second kappa shape index (κ2) is 6.29. The predicted octanol–water partition coefficient (Wildman–Crippen LogP) is 4.27. The Labute approximate surface area is 122 Å². The van der Waals surface area contributed by atoms with Gasteiger partial charge in [0.15, 0.2) is 0 Å². The van der Waals surface area contributed by atoms with Gasteiger partial charge in [-0.3, -0.25) is 0 Å². The summed E-state index contributed by atoms with van der Waals surface area (Å²) in [7, 11) is 0. The Balaban J connectivity index is 2.06. The normalized spacial score (nSPS) is 18.7. The van der Waals surface area contributed by atoms with Crippen molar-refractivity contribution in [3.8, 4) is 0 Å². The molecule has 2 rings (SSSR count). The van der Waals surface area contributed by atoms with Gasteiger partial charge < -0.3 is 10.1 Å². The third kappa shape index (κ3) is 3.41. The van der Waals surface area contributed by atoms with Crippen molar-refractivity contribution in [3.63, 3.8) is 0 Å². The van der Waals surface area contributed by atoms with Crippen LogP contribution in [0.3, 0.4) is 0 Å². The minimum absolute atomic E-state index is 0.266. The van der Waals surface area contributed by atoms with Gasteiger partial charge in [-0.1, -0.05) is 34.8 Å². The molecule has 1 N–H and O–H groups in total. The summed E-state index contributed by atoms with van der Waals surface area (Å²) in [6.07, 6.45) is 2.10. The molecular formula is C12H15Cl3N2O. The summed E-state index contributed by atoms with van der Waals surface area (Å²) in [4.78, 5) is 4.17. The van der Waals surface area contributed by atoms with Crippen LogP contribution in [0.4, 0.5) is 5.82 Å². The molecule has 18 heavy (non-hydrogen) atoms. The molecular weight excluding hydrogens is 295 g/mol. The fraction of sp³-hybridized carbons (Fsp3) is 0.583. The molecule has 1 aliphatic rings. The number of nitrogens with zero attached hydrogens (tertiary/aromatic N) is 1. The maximum atomic E-state index is 6.09. The maximum absolute atomic E-state index is 6.09. The van der Waals surface area contributed by atoms with Crippen LogP contribution in [0.15, 0.2) is 6.07 Å². The number of hydrogen-bond donors (Lipinski definition) is 1. The van der Waals surface area contributed by atoms with E-state index in [1.807, 2.05) is 0 Å². The van der Waals surface area contributed by atoms with E-state index >= 15 is 0 Å². The Morgan fingerprint density at radius 1 is 1.28 bits per heavy atom. The smallest absolute Gasteiger partial charge is 0.150 e. The van der Waals surface area contributed by atoms with Crippen molar-refractivity contribution in [3.05, 3.63) is 21.3 Å². The Morgan fingerprint density at radius 2 is 1.94 bits per heavy atom. The molecule has 100 valence electrons. The minimum atomic E-state index is 0.266. The lowest BCUT2D eigenvalue weighted by atomic mass is 9.93. The van der Waals surface area contributed by atoms with Crippen LogP contribution in [0.5, 0.6) is 0 Å². The van der Waals surface area contributed by atoms with E-state index in [-0.39, 0.29) is 11.2 Å². The monoisotopic (exact) mass is 308 g/mol. The van der Waals surface area contributed by atoms with E-state index in [4.69, 9.17) is 39.5 Å². The lowest BCUT2D eigenvalue weighted by molar-refractivity contribution is 0.0622. The summed E-state index contributed by atoms with van der Waals surface area (Å²) >= 11 is 17.8. The van der Waals surface area contributed by atoms with Gasteiger partial charge in [-0.05, 0) is 31.7 Å². The zero-order valence-electron chi connectivity index (χ0n) is 10.0. The lowest BCUT2D eigenvalue weighted by Crippen LogP contribution is -2.31. The first-order valence-electron chi connectivity index (χ1n) is 5.93. The van der Waals surface area contributed by atoms with Crippen molar-refractivity contribution < 1.29 is 4.74 Å². The molecule has 0 bridgehead atoms.